The quantitative estimate of drug-likeness (QED) is 0.732. The van der Waals surface area contributed by atoms with Gasteiger partial charge in [0.1, 0.15) is 12.4 Å². The number of amides is 1. The van der Waals surface area contributed by atoms with Crippen molar-refractivity contribution in [2.45, 2.75) is 13.0 Å². The minimum Gasteiger partial charge on any atom is -0.497 e. The Morgan fingerprint density at radius 3 is 2.65 bits per heavy atom. The highest BCUT2D eigenvalue weighted by molar-refractivity contribution is 5.67. The van der Waals surface area contributed by atoms with Crippen molar-refractivity contribution in [3.8, 4) is 5.75 Å². The van der Waals surface area contributed by atoms with E-state index in [9.17, 15) is 4.79 Å². The number of rotatable bonds is 6. The lowest BCUT2D eigenvalue weighted by Gasteiger charge is -2.07. The van der Waals surface area contributed by atoms with Gasteiger partial charge < -0.3 is 20.5 Å². The first kappa shape index (κ1) is 13.3. The summed E-state index contributed by atoms with van der Waals surface area (Å²) in [5.41, 5.74) is 6.22. The number of alkyl carbamates (subject to hydrolysis) is 1. The number of nitrogens with one attached hydrogen (secondary N) is 1. The molecule has 0 unspecified atom stereocenters. The Kier molecular flexibility index (Phi) is 5.88. The monoisotopic (exact) mass is 238 g/mol. The van der Waals surface area contributed by atoms with Crippen LogP contribution in [-0.2, 0) is 11.3 Å². The molecular weight excluding hydrogens is 220 g/mol. The van der Waals surface area contributed by atoms with Crippen LogP contribution in [0.25, 0.3) is 0 Å². The van der Waals surface area contributed by atoms with Gasteiger partial charge in [-0.25, -0.2) is 4.79 Å². The lowest BCUT2D eigenvalue weighted by atomic mass is 10.2. The molecule has 0 aliphatic rings. The van der Waals surface area contributed by atoms with Gasteiger partial charge in [-0.1, -0.05) is 12.1 Å². The zero-order valence-corrected chi connectivity index (χ0v) is 9.94. The van der Waals surface area contributed by atoms with Gasteiger partial charge in [-0.3, -0.25) is 0 Å². The van der Waals surface area contributed by atoms with Crippen molar-refractivity contribution in [2.24, 2.45) is 5.73 Å². The molecule has 0 spiro atoms. The largest absolute Gasteiger partial charge is 0.497 e. The number of nitrogens with two attached hydrogens (primary N) is 1. The van der Waals surface area contributed by atoms with E-state index in [0.29, 0.717) is 13.1 Å². The van der Waals surface area contributed by atoms with E-state index in [2.05, 4.69) is 5.32 Å². The molecule has 3 N–H and O–H groups in total. The van der Waals surface area contributed by atoms with Crippen molar-refractivity contribution in [3.63, 3.8) is 0 Å². The van der Waals surface area contributed by atoms with Crippen molar-refractivity contribution in [1.29, 1.82) is 0 Å². The Morgan fingerprint density at radius 2 is 2.06 bits per heavy atom. The van der Waals surface area contributed by atoms with Crippen molar-refractivity contribution >= 4 is 6.09 Å². The number of carbonyl (C=O) groups excluding carboxylic acids is 1. The average molecular weight is 238 g/mol. The summed E-state index contributed by atoms with van der Waals surface area (Å²) in [7, 11) is 1.61. The Balaban J connectivity index is 2.27. The maximum atomic E-state index is 11.2. The highest BCUT2D eigenvalue weighted by atomic mass is 16.5. The van der Waals surface area contributed by atoms with Crippen molar-refractivity contribution < 1.29 is 14.3 Å². The smallest absolute Gasteiger partial charge is 0.407 e. The topological polar surface area (TPSA) is 73.6 Å². The van der Waals surface area contributed by atoms with Crippen LogP contribution in [0.1, 0.15) is 12.0 Å². The standard InChI is InChI=1S/C12H18N2O3/c1-16-11-5-3-10(4-6-11)9-17-12(15)14-8-2-7-13/h3-6H,2,7-9,13H2,1H3,(H,14,15). The molecule has 0 radical (unpaired) electrons. The molecule has 0 aliphatic carbocycles. The van der Waals surface area contributed by atoms with Crippen LogP contribution >= 0.6 is 0 Å². The summed E-state index contributed by atoms with van der Waals surface area (Å²) in [6, 6.07) is 7.36. The molecule has 5 heteroatoms. The van der Waals surface area contributed by atoms with E-state index in [0.717, 1.165) is 17.7 Å². The normalized spacial score (nSPS) is 9.76. The Hall–Kier alpha value is -1.75. The number of methoxy groups -OCH3 is 1. The van der Waals surface area contributed by atoms with Gasteiger partial charge in [0.15, 0.2) is 0 Å². The molecule has 5 nitrogen and oxygen atoms in total. The van der Waals surface area contributed by atoms with E-state index in [1.807, 2.05) is 24.3 Å². The van der Waals surface area contributed by atoms with Crippen LogP contribution in [0.4, 0.5) is 4.79 Å². The van der Waals surface area contributed by atoms with Gasteiger partial charge in [0, 0.05) is 6.54 Å². The predicted octanol–water partition coefficient (Wildman–Crippen LogP) is 1.27. The number of benzene rings is 1. The second-order valence-corrected chi connectivity index (χ2v) is 3.49. The summed E-state index contributed by atoms with van der Waals surface area (Å²) in [6.45, 7) is 1.34. The molecule has 0 aliphatic heterocycles. The molecule has 1 amide bonds. The molecule has 0 bridgehead atoms. The van der Waals surface area contributed by atoms with Gasteiger partial charge in [0.25, 0.3) is 0 Å². The van der Waals surface area contributed by atoms with Gasteiger partial charge >= 0.3 is 6.09 Å². The molecular formula is C12H18N2O3. The highest BCUT2D eigenvalue weighted by Gasteiger charge is 2.01. The fourth-order valence-corrected chi connectivity index (χ4v) is 1.21. The van der Waals surface area contributed by atoms with Crippen LogP contribution in [0.2, 0.25) is 0 Å². The molecule has 1 aromatic rings. The van der Waals surface area contributed by atoms with Gasteiger partial charge in [-0.15, -0.1) is 0 Å². The zero-order chi connectivity index (χ0) is 12.5. The molecule has 1 rings (SSSR count). The van der Waals surface area contributed by atoms with Crippen LogP contribution in [0.3, 0.4) is 0 Å². The van der Waals surface area contributed by atoms with Crippen LogP contribution in [0, 0.1) is 0 Å². The Labute approximate surface area is 101 Å². The molecule has 0 saturated heterocycles. The van der Waals surface area contributed by atoms with Crippen LogP contribution < -0.4 is 15.8 Å². The minimum absolute atomic E-state index is 0.248. The first-order valence-corrected chi connectivity index (χ1v) is 5.50. The number of hydrogen-bond donors (Lipinski definition) is 2. The zero-order valence-electron chi connectivity index (χ0n) is 9.94. The summed E-state index contributed by atoms with van der Waals surface area (Å²) in [4.78, 5) is 11.2. The van der Waals surface area contributed by atoms with Crippen molar-refractivity contribution in [1.82, 2.24) is 5.32 Å². The first-order chi connectivity index (χ1) is 8.26. The van der Waals surface area contributed by atoms with E-state index in [-0.39, 0.29) is 6.61 Å². The maximum absolute atomic E-state index is 11.2. The van der Waals surface area contributed by atoms with Gasteiger partial charge in [-0.2, -0.15) is 0 Å². The minimum atomic E-state index is -0.422. The summed E-state index contributed by atoms with van der Waals surface area (Å²) >= 11 is 0. The Morgan fingerprint density at radius 1 is 1.35 bits per heavy atom. The van der Waals surface area contributed by atoms with Crippen LogP contribution in [-0.4, -0.2) is 26.3 Å². The van der Waals surface area contributed by atoms with E-state index >= 15 is 0 Å². The average Bonchev–Trinajstić information content (AvgIpc) is 2.37. The molecule has 0 fully saturated rings. The van der Waals surface area contributed by atoms with E-state index in [1.165, 1.54) is 0 Å². The summed E-state index contributed by atoms with van der Waals surface area (Å²) in [6.07, 6.45) is 0.326. The fraction of sp³-hybridized carbons (Fsp3) is 0.417. The summed E-state index contributed by atoms with van der Waals surface area (Å²) in [5.74, 6) is 0.779. The molecule has 0 heterocycles. The number of ether oxygens (including phenoxy) is 2. The van der Waals surface area contributed by atoms with Crippen molar-refractivity contribution in [3.05, 3.63) is 29.8 Å². The van der Waals surface area contributed by atoms with Gasteiger partial charge in [-0.05, 0) is 30.7 Å². The van der Waals surface area contributed by atoms with Crippen LogP contribution in [0.5, 0.6) is 5.75 Å². The highest BCUT2D eigenvalue weighted by Crippen LogP contribution is 2.11. The van der Waals surface area contributed by atoms with Crippen molar-refractivity contribution in [2.75, 3.05) is 20.2 Å². The molecule has 94 valence electrons. The molecule has 0 aromatic heterocycles. The van der Waals surface area contributed by atoms with Crippen LogP contribution in [0.15, 0.2) is 24.3 Å². The van der Waals surface area contributed by atoms with Gasteiger partial charge in [0.05, 0.1) is 7.11 Å². The number of hydrogen-bond acceptors (Lipinski definition) is 4. The van der Waals surface area contributed by atoms with Gasteiger partial charge in [0.2, 0.25) is 0 Å². The first-order valence-electron chi connectivity index (χ1n) is 5.50. The van der Waals surface area contributed by atoms with E-state index in [4.69, 9.17) is 15.2 Å². The predicted molar refractivity (Wildman–Crippen MR) is 64.9 cm³/mol. The summed E-state index contributed by atoms with van der Waals surface area (Å²) < 4.78 is 10.0. The molecule has 17 heavy (non-hydrogen) atoms. The second-order valence-electron chi connectivity index (χ2n) is 3.49. The third-order valence-corrected chi connectivity index (χ3v) is 2.18. The maximum Gasteiger partial charge on any atom is 0.407 e. The number of carbonyl (C=O) groups is 1. The lowest BCUT2D eigenvalue weighted by Crippen LogP contribution is -2.26. The second kappa shape index (κ2) is 7.51. The van der Waals surface area contributed by atoms with E-state index in [1.54, 1.807) is 7.11 Å². The third-order valence-electron chi connectivity index (χ3n) is 2.18. The molecule has 0 saturated carbocycles. The summed E-state index contributed by atoms with van der Waals surface area (Å²) in [5, 5.41) is 2.61. The molecule has 0 atom stereocenters. The van der Waals surface area contributed by atoms with E-state index < -0.39 is 6.09 Å². The Bertz CT molecular complexity index is 338. The SMILES string of the molecule is COc1ccc(COC(=O)NCCCN)cc1. The third kappa shape index (κ3) is 5.21. The fourth-order valence-electron chi connectivity index (χ4n) is 1.21. The molecule has 1 aromatic carbocycles. The lowest BCUT2D eigenvalue weighted by molar-refractivity contribution is 0.139.